The molecule has 1 N–H and O–H groups in total. The Morgan fingerprint density at radius 3 is 2.40 bits per heavy atom. The van der Waals surface area contributed by atoms with Crippen LogP contribution in [0.15, 0.2) is 67.0 Å². The SMILES string of the molecule is CCC(Nc1ccncc1)c1ccc(F)c(Oc2ccccc2)c1F. The van der Waals surface area contributed by atoms with Crippen molar-refractivity contribution in [2.24, 2.45) is 0 Å². The van der Waals surface area contributed by atoms with Gasteiger partial charge in [0.05, 0.1) is 6.04 Å². The Balaban J connectivity index is 1.92. The van der Waals surface area contributed by atoms with Gasteiger partial charge in [-0.05, 0) is 36.8 Å². The predicted octanol–water partition coefficient (Wildman–Crippen LogP) is 5.72. The zero-order valence-electron chi connectivity index (χ0n) is 13.7. The summed E-state index contributed by atoms with van der Waals surface area (Å²) in [5, 5.41) is 3.24. The highest BCUT2D eigenvalue weighted by atomic mass is 19.1. The maximum absolute atomic E-state index is 14.9. The number of para-hydroxylation sites is 1. The molecule has 3 rings (SSSR count). The van der Waals surface area contributed by atoms with Crippen molar-refractivity contribution >= 4 is 5.69 Å². The molecule has 0 saturated carbocycles. The molecular formula is C20H18F2N2O. The van der Waals surface area contributed by atoms with E-state index in [1.165, 1.54) is 12.1 Å². The molecule has 1 unspecified atom stereocenters. The predicted molar refractivity (Wildman–Crippen MR) is 93.8 cm³/mol. The lowest BCUT2D eigenvalue weighted by Crippen LogP contribution is -2.12. The quantitative estimate of drug-likeness (QED) is 0.623. The summed E-state index contributed by atoms with van der Waals surface area (Å²) in [6.07, 6.45) is 3.93. The Morgan fingerprint density at radius 2 is 1.72 bits per heavy atom. The highest BCUT2D eigenvalue weighted by Gasteiger charge is 2.21. The lowest BCUT2D eigenvalue weighted by Gasteiger charge is -2.20. The lowest BCUT2D eigenvalue weighted by atomic mass is 10.0. The standard InChI is InChI=1S/C20H18F2N2O/c1-2-18(24-14-10-12-23-13-11-14)16-8-9-17(21)20(19(16)22)25-15-6-4-3-5-7-15/h3-13,18H,2H2,1H3,(H,23,24). The van der Waals surface area contributed by atoms with E-state index < -0.39 is 17.4 Å². The van der Waals surface area contributed by atoms with Crippen molar-refractivity contribution in [3.05, 3.63) is 84.2 Å². The van der Waals surface area contributed by atoms with E-state index >= 15 is 0 Å². The number of pyridine rings is 1. The van der Waals surface area contributed by atoms with Crippen LogP contribution in [-0.4, -0.2) is 4.98 Å². The van der Waals surface area contributed by atoms with Gasteiger partial charge < -0.3 is 10.1 Å². The first kappa shape index (κ1) is 16.9. The van der Waals surface area contributed by atoms with Crippen LogP contribution in [0.1, 0.15) is 24.9 Å². The summed E-state index contributed by atoms with van der Waals surface area (Å²) in [6.45, 7) is 1.93. The minimum atomic E-state index is -0.733. The highest BCUT2D eigenvalue weighted by Crippen LogP contribution is 2.34. The molecule has 1 atom stereocenters. The first-order valence-electron chi connectivity index (χ1n) is 8.06. The molecule has 0 radical (unpaired) electrons. The Kier molecular flexibility index (Phi) is 5.23. The van der Waals surface area contributed by atoms with Crippen molar-refractivity contribution in [2.45, 2.75) is 19.4 Å². The van der Waals surface area contributed by atoms with E-state index in [9.17, 15) is 8.78 Å². The molecule has 0 spiro atoms. The molecule has 128 valence electrons. The largest absolute Gasteiger partial charge is 0.451 e. The molecule has 1 heterocycles. The Labute approximate surface area is 145 Å². The number of ether oxygens (including phenoxy) is 1. The average Bonchev–Trinajstić information content (AvgIpc) is 2.65. The van der Waals surface area contributed by atoms with Crippen molar-refractivity contribution in [3.8, 4) is 11.5 Å². The summed E-state index contributed by atoms with van der Waals surface area (Å²) in [7, 11) is 0. The number of benzene rings is 2. The molecule has 0 fully saturated rings. The molecule has 2 aromatic carbocycles. The Bertz CT molecular complexity index is 826. The summed E-state index contributed by atoms with van der Waals surface area (Å²) >= 11 is 0. The fourth-order valence-corrected chi connectivity index (χ4v) is 2.57. The van der Waals surface area contributed by atoms with Gasteiger partial charge in [-0.2, -0.15) is 0 Å². The molecule has 0 saturated heterocycles. The maximum Gasteiger partial charge on any atom is 0.198 e. The van der Waals surface area contributed by atoms with Gasteiger partial charge >= 0.3 is 0 Å². The van der Waals surface area contributed by atoms with Crippen LogP contribution in [0.5, 0.6) is 11.5 Å². The summed E-state index contributed by atoms with van der Waals surface area (Å²) in [5.74, 6) is -1.44. The number of anilines is 1. The van der Waals surface area contributed by atoms with Crippen LogP contribution >= 0.6 is 0 Å². The van der Waals surface area contributed by atoms with Gasteiger partial charge in [0.15, 0.2) is 17.4 Å². The molecule has 0 aliphatic heterocycles. The maximum atomic E-state index is 14.9. The van der Waals surface area contributed by atoms with Crippen LogP contribution in [0.3, 0.4) is 0 Å². The smallest absolute Gasteiger partial charge is 0.198 e. The van der Waals surface area contributed by atoms with E-state index in [1.54, 1.807) is 48.8 Å². The number of halogens is 2. The topological polar surface area (TPSA) is 34.2 Å². The van der Waals surface area contributed by atoms with Crippen molar-refractivity contribution in [3.63, 3.8) is 0 Å². The zero-order valence-corrected chi connectivity index (χ0v) is 13.7. The Hall–Kier alpha value is -2.95. The van der Waals surface area contributed by atoms with Crippen LogP contribution in [0.25, 0.3) is 0 Å². The molecular weight excluding hydrogens is 322 g/mol. The number of aromatic nitrogens is 1. The van der Waals surface area contributed by atoms with E-state index in [-0.39, 0.29) is 6.04 Å². The molecule has 5 heteroatoms. The second kappa shape index (κ2) is 7.75. The van der Waals surface area contributed by atoms with E-state index in [0.29, 0.717) is 17.7 Å². The van der Waals surface area contributed by atoms with E-state index in [0.717, 1.165) is 5.69 Å². The van der Waals surface area contributed by atoms with Gasteiger partial charge in [0.1, 0.15) is 5.75 Å². The van der Waals surface area contributed by atoms with Gasteiger partial charge in [-0.1, -0.05) is 31.2 Å². The monoisotopic (exact) mass is 340 g/mol. The van der Waals surface area contributed by atoms with Crippen molar-refractivity contribution in [2.75, 3.05) is 5.32 Å². The number of hydrogen-bond acceptors (Lipinski definition) is 3. The van der Waals surface area contributed by atoms with Crippen LogP contribution in [-0.2, 0) is 0 Å². The number of rotatable bonds is 6. The van der Waals surface area contributed by atoms with Gasteiger partial charge in [0, 0.05) is 23.6 Å². The first-order valence-corrected chi connectivity index (χ1v) is 8.06. The minimum absolute atomic E-state index is 0.318. The first-order chi connectivity index (χ1) is 12.2. The van der Waals surface area contributed by atoms with Crippen molar-refractivity contribution < 1.29 is 13.5 Å². The molecule has 3 aromatic rings. The zero-order chi connectivity index (χ0) is 17.6. The minimum Gasteiger partial charge on any atom is -0.451 e. The molecule has 3 nitrogen and oxygen atoms in total. The third-order valence-electron chi connectivity index (χ3n) is 3.85. The number of nitrogens with zero attached hydrogens (tertiary/aromatic N) is 1. The van der Waals surface area contributed by atoms with Crippen molar-refractivity contribution in [1.29, 1.82) is 0 Å². The van der Waals surface area contributed by atoms with Gasteiger partial charge in [0.25, 0.3) is 0 Å². The van der Waals surface area contributed by atoms with E-state index in [4.69, 9.17) is 4.74 Å². The van der Waals surface area contributed by atoms with Crippen LogP contribution in [0.2, 0.25) is 0 Å². The van der Waals surface area contributed by atoms with Gasteiger partial charge in [-0.3, -0.25) is 4.98 Å². The third-order valence-corrected chi connectivity index (χ3v) is 3.85. The summed E-state index contributed by atoms with van der Waals surface area (Å²) in [5.41, 5.74) is 1.17. The average molecular weight is 340 g/mol. The van der Waals surface area contributed by atoms with Crippen LogP contribution in [0, 0.1) is 11.6 Å². The highest BCUT2D eigenvalue weighted by molar-refractivity contribution is 5.46. The second-order valence-corrected chi connectivity index (χ2v) is 5.54. The second-order valence-electron chi connectivity index (χ2n) is 5.54. The number of nitrogens with one attached hydrogen (secondary N) is 1. The van der Waals surface area contributed by atoms with E-state index in [1.807, 2.05) is 13.0 Å². The van der Waals surface area contributed by atoms with Gasteiger partial charge in [0.2, 0.25) is 0 Å². The summed E-state index contributed by atoms with van der Waals surface area (Å²) in [4.78, 5) is 3.96. The number of hydrogen-bond donors (Lipinski definition) is 1. The Morgan fingerprint density at radius 1 is 1.00 bits per heavy atom. The third kappa shape index (κ3) is 3.94. The normalized spacial score (nSPS) is 11.8. The summed E-state index contributed by atoms with van der Waals surface area (Å²) in [6, 6.07) is 14.6. The van der Waals surface area contributed by atoms with Gasteiger partial charge in [-0.25, -0.2) is 8.78 Å². The molecule has 0 aliphatic carbocycles. The molecule has 0 aliphatic rings. The van der Waals surface area contributed by atoms with Crippen LogP contribution < -0.4 is 10.1 Å². The van der Waals surface area contributed by atoms with Gasteiger partial charge in [-0.15, -0.1) is 0 Å². The summed E-state index contributed by atoms with van der Waals surface area (Å²) < 4.78 is 34.5. The molecule has 25 heavy (non-hydrogen) atoms. The van der Waals surface area contributed by atoms with E-state index in [2.05, 4.69) is 10.3 Å². The van der Waals surface area contributed by atoms with Crippen molar-refractivity contribution in [1.82, 2.24) is 4.98 Å². The molecule has 0 amide bonds. The molecule has 1 aromatic heterocycles. The fraction of sp³-hybridized carbons (Fsp3) is 0.150. The molecule has 0 bridgehead atoms. The fourth-order valence-electron chi connectivity index (χ4n) is 2.57. The lowest BCUT2D eigenvalue weighted by molar-refractivity contribution is 0.402. The van der Waals surface area contributed by atoms with Crippen LogP contribution in [0.4, 0.5) is 14.5 Å².